The van der Waals surface area contributed by atoms with Crippen LogP contribution in [0.5, 0.6) is 0 Å². The third-order valence-electron chi connectivity index (χ3n) is 14.6. The molecule has 0 aliphatic carbocycles. The van der Waals surface area contributed by atoms with E-state index in [1.54, 1.807) is 49.6 Å². The summed E-state index contributed by atoms with van der Waals surface area (Å²) < 4.78 is 23.2. The molecule has 2 aromatic carbocycles. The molecule has 0 spiro atoms. The Morgan fingerprint density at radius 3 is 1.73 bits per heavy atom. The van der Waals surface area contributed by atoms with E-state index in [4.69, 9.17) is 57.5 Å². The number of morpholine rings is 1. The van der Waals surface area contributed by atoms with Crippen LogP contribution in [0, 0.1) is 0 Å². The average molecular weight is 1210 g/mol. The number of ether oxygens (including phenoxy) is 3. The second-order valence-electron chi connectivity index (χ2n) is 23.5. The lowest BCUT2D eigenvalue weighted by Crippen LogP contribution is -2.38. The molecular weight excluding hydrogens is 1140 g/mol. The fraction of sp³-hybridized carbons (Fsp3) is 0.367. The van der Waals surface area contributed by atoms with E-state index in [0.29, 0.717) is 86.0 Å². The Labute approximate surface area is 499 Å². The largest absolute Gasteiger partial charge is 0.379 e. The SMILES string of the molecule is CC(NC(=O)c1cn(COCC[Si](C)(C)C)c2ncc(-c3n[nH]c4cc(Cl)ccc34)nc12)c1cccnc1.CC(NC(=O)c1cn(COCC[Si](C)(C)C)c2ncc(-c3nn(CCN4CCOCC4)c4cc(Cl)ccc34)nc12)c1cccnc1. The van der Waals surface area contributed by atoms with Crippen LogP contribution < -0.4 is 10.6 Å². The molecule has 3 N–H and O–H groups in total. The Kier molecular flexibility index (Phi) is 18.8. The highest BCUT2D eigenvalue weighted by molar-refractivity contribution is 6.76. The third kappa shape index (κ3) is 14.6. The zero-order valence-electron chi connectivity index (χ0n) is 48.7. The number of rotatable bonds is 21. The second-order valence-corrected chi connectivity index (χ2v) is 35.6. The summed E-state index contributed by atoms with van der Waals surface area (Å²) in [6.07, 6.45) is 13.9. The van der Waals surface area contributed by atoms with E-state index in [-0.39, 0.29) is 37.4 Å². The van der Waals surface area contributed by atoms with Crippen LogP contribution in [0.1, 0.15) is 57.8 Å². The van der Waals surface area contributed by atoms with Gasteiger partial charge in [0, 0.05) is 107 Å². The van der Waals surface area contributed by atoms with Crippen LogP contribution in [-0.4, -0.2) is 138 Å². The van der Waals surface area contributed by atoms with Crippen LogP contribution in [0.4, 0.5) is 0 Å². The number of fused-ring (bicyclic) bond motifs is 4. The van der Waals surface area contributed by atoms with Gasteiger partial charge >= 0.3 is 0 Å². The van der Waals surface area contributed by atoms with Gasteiger partial charge in [0.25, 0.3) is 11.8 Å². The minimum absolute atomic E-state index is 0.237. The molecule has 2 unspecified atom stereocenters. The number of carbonyl (C=O) groups excluding carboxylic acids is 2. The van der Waals surface area contributed by atoms with Crippen LogP contribution in [0.2, 0.25) is 61.4 Å². The summed E-state index contributed by atoms with van der Waals surface area (Å²) in [6, 6.07) is 20.5. The summed E-state index contributed by atoms with van der Waals surface area (Å²) in [5, 5.41) is 21.7. The number of nitrogens with zero attached hydrogens (tertiary/aromatic N) is 12. The van der Waals surface area contributed by atoms with Gasteiger partial charge in [-0.2, -0.15) is 10.2 Å². The van der Waals surface area contributed by atoms with Gasteiger partial charge in [0.2, 0.25) is 0 Å². The predicted molar refractivity (Wildman–Crippen MR) is 335 cm³/mol. The Morgan fingerprint density at radius 1 is 0.679 bits per heavy atom. The van der Waals surface area contributed by atoms with Gasteiger partial charge in [0.1, 0.15) is 47.3 Å². The maximum atomic E-state index is 13.8. The number of halogens is 2. The summed E-state index contributed by atoms with van der Waals surface area (Å²) in [6.45, 7) is 24.4. The number of carbonyl (C=O) groups is 2. The second kappa shape index (κ2) is 26.3. The van der Waals surface area contributed by atoms with Crippen molar-refractivity contribution in [2.24, 2.45) is 0 Å². The summed E-state index contributed by atoms with van der Waals surface area (Å²) in [7, 11) is -2.48. The van der Waals surface area contributed by atoms with Crippen molar-refractivity contribution in [2.45, 2.75) is 97.3 Å². The van der Waals surface area contributed by atoms with Crippen molar-refractivity contribution in [3.63, 3.8) is 0 Å². The van der Waals surface area contributed by atoms with Crippen LogP contribution >= 0.6 is 23.2 Å². The molecule has 0 saturated carbocycles. The molecule has 8 aromatic heterocycles. The van der Waals surface area contributed by atoms with Gasteiger partial charge < -0.3 is 34.0 Å². The first-order valence-electron chi connectivity index (χ1n) is 28.2. The molecule has 9 heterocycles. The number of aromatic nitrogens is 12. The molecule has 1 saturated heterocycles. The molecule has 438 valence electrons. The Bertz CT molecular complexity index is 3910. The predicted octanol–water partition coefficient (Wildman–Crippen LogP) is 11.5. The van der Waals surface area contributed by atoms with Crippen LogP contribution in [0.25, 0.3) is 66.9 Å². The zero-order chi connectivity index (χ0) is 59.1. The number of amides is 2. The van der Waals surface area contributed by atoms with E-state index >= 15 is 0 Å². The standard InChI is InChI=1S/C33H41ClN8O3Si.C27H30ClN7O2Si/c1-23(24-6-5-9-35-19-24)37-33(43)27-21-41(22-45-16-17-46(2,3)4)32-31(27)38-28(20-36-32)30-26-8-7-25(34)18-29(26)42(39-30)11-10-40-12-14-44-15-13-40;1-17(18-6-5-9-29-13-18)31-27(36)21-15-35(16-37-10-11-38(2,3)4)26-25(21)32-23(14-30-26)24-20-8-7-19(28)12-22(20)33-34-24/h5-9,18-21,23H,10-17,22H2,1-4H3,(H,37,43);5-9,12-15,17H,10-11,16H2,1-4H3,(H,31,36)(H,33,34). The van der Waals surface area contributed by atoms with E-state index in [0.717, 1.165) is 77.9 Å². The molecule has 0 radical (unpaired) electrons. The Hall–Kier alpha value is -7.29. The van der Waals surface area contributed by atoms with Crippen LogP contribution in [-0.2, 0) is 34.2 Å². The molecule has 11 rings (SSSR count). The summed E-state index contributed by atoms with van der Waals surface area (Å²) in [5.74, 6) is -0.501. The van der Waals surface area contributed by atoms with Crippen molar-refractivity contribution in [1.82, 2.24) is 74.5 Å². The zero-order valence-corrected chi connectivity index (χ0v) is 52.2. The van der Waals surface area contributed by atoms with E-state index in [9.17, 15) is 9.59 Å². The number of H-pyrrole nitrogens is 1. The van der Waals surface area contributed by atoms with Crippen molar-refractivity contribution in [1.29, 1.82) is 0 Å². The Balaban J connectivity index is 0.000000191. The maximum absolute atomic E-state index is 13.8. The molecule has 0 bridgehead atoms. The highest BCUT2D eigenvalue weighted by Crippen LogP contribution is 2.33. The molecule has 2 atom stereocenters. The fourth-order valence-electron chi connectivity index (χ4n) is 9.68. The van der Waals surface area contributed by atoms with Crippen LogP contribution in [0.3, 0.4) is 0 Å². The molecule has 24 heteroatoms. The monoisotopic (exact) mass is 1210 g/mol. The molecule has 1 aliphatic rings. The quantitative estimate of drug-likeness (QED) is 0.0450. The topological polar surface area (TPSA) is 223 Å². The van der Waals surface area contributed by atoms with Crippen molar-refractivity contribution in [2.75, 3.05) is 46.1 Å². The number of pyridine rings is 2. The van der Waals surface area contributed by atoms with E-state index in [1.807, 2.05) is 88.3 Å². The fourth-order valence-corrected chi connectivity index (χ4v) is 11.5. The molecule has 1 fully saturated rings. The van der Waals surface area contributed by atoms with Gasteiger partial charge in [-0.15, -0.1) is 0 Å². The highest BCUT2D eigenvalue weighted by atomic mass is 35.5. The molecule has 1 aliphatic heterocycles. The molecule has 10 aromatic rings. The minimum atomic E-state index is -1.25. The van der Waals surface area contributed by atoms with Crippen LogP contribution in [0.15, 0.2) is 110 Å². The third-order valence-corrected chi connectivity index (χ3v) is 18.5. The number of hydrogen-bond acceptors (Lipinski definition) is 14. The van der Waals surface area contributed by atoms with E-state index in [1.165, 1.54) is 0 Å². The van der Waals surface area contributed by atoms with E-state index in [2.05, 4.69) is 80.0 Å². The first-order valence-corrected chi connectivity index (χ1v) is 36.4. The summed E-state index contributed by atoms with van der Waals surface area (Å²) in [4.78, 5) is 57.4. The minimum Gasteiger partial charge on any atom is -0.379 e. The van der Waals surface area contributed by atoms with Gasteiger partial charge in [-0.1, -0.05) is 74.6 Å². The lowest BCUT2D eigenvalue weighted by atomic mass is 10.1. The van der Waals surface area contributed by atoms with Gasteiger partial charge in [-0.3, -0.25) is 34.2 Å². The smallest absolute Gasteiger partial charge is 0.255 e. The van der Waals surface area contributed by atoms with Crippen molar-refractivity contribution < 1.29 is 23.8 Å². The number of nitrogens with one attached hydrogen (secondary N) is 3. The first kappa shape index (κ1) is 59.9. The lowest BCUT2D eigenvalue weighted by Gasteiger charge is -2.26. The maximum Gasteiger partial charge on any atom is 0.255 e. The highest BCUT2D eigenvalue weighted by Gasteiger charge is 2.26. The van der Waals surface area contributed by atoms with Gasteiger partial charge in [0.15, 0.2) is 11.3 Å². The van der Waals surface area contributed by atoms with Gasteiger partial charge in [-0.05, 0) is 85.6 Å². The van der Waals surface area contributed by atoms with Gasteiger partial charge in [-0.25, -0.2) is 19.9 Å². The van der Waals surface area contributed by atoms with Crippen molar-refractivity contribution >= 4 is 95.3 Å². The van der Waals surface area contributed by atoms with E-state index < -0.39 is 16.1 Å². The summed E-state index contributed by atoms with van der Waals surface area (Å²) in [5.41, 5.74) is 8.98. The molecule has 20 nitrogen and oxygen atoms in total. The average Bonchev–Trinajstić information content (AvgIpc) is 2.54. The molecular formula is C60H71Cl2N15O5Si2. The Morgan fingerprint density at radius 2 is 1.20 bits per heavy atom. The number of aromatic amines is 1. The normalized spacial score (nSPS) is 14.0. The van der Waals surface area contributed by atoms with Crippen molar-refractivity contribution in [3.8, 4) is 22.8 Å². The number of hydrogen-bond donors (Lipinski definition) is 3. The molecule has 2 amide bonds. The molecule has 84 heavy (non-hydrogen) atoms. The first-order chi connectivity index (χ1) is 40.4. The van der Waals surface area contributed by atoms with Crippen molar-refractivity contribution in [3.05, 3.63) is 143 Å². The number of benzene rings is 2. The summed E-state index contributed by atoms with van der Waals surface area (Å²) >= 11 is 12.6. The lowest BCUT2D eigenvalue weighted by molar-refractivity contribution is 0.0361. The van der Waals surface area contributed by atoms with Gasteiger partial charge in [0.05, 0.1) is 66.4 Å².